The van der Waals surface area contributed by atoms with Crippen molar-refractivity contribution in [1.82, 2.24) is 15.3 Å². The van der Waals surface area contributed by atoms with Gasteiger partial charge < -0.3 is 10.6 Å². The molecule has 2 aliphatic rings. The highest BCUT2D eigenvalue weighted by Crippen LogP contribution is 2.39. The Morgan fingerprint density at radius 2 is 2.10 bits per heavy atom. The molecule has 5 N–H and O–H groups in total. The van der Waals surface area contributed by atoms with Crippen molar-refractivity contribution in [1.29, 1.82) is 0 Å². The maximum atomic E-state index is 5.82. The molecule has 0 aromatic carbocycles. The molecule has 2 fully saturated rings. The largest absolute Gasteiger partial charge is 0.384 e. The van der Waals surface area contributed by atoms with Crippen LogP contribution in [0, 0.1) is 5.92 Å². The number of nitrogens with zero attached hydrogens (tertiary/aromatic N) is 2. The summed E-state index contributed by atoms with van der Waals surface area (Å²) in [6.45, 7) is 0. The molecule has 2 saturated heterocycles. The van der Waals surface area contributed by atoms with Crippen molar-refractivity contribution in [3.05, 3.63) is 23.9 Å². The van der Waals surface area contributed by atoms with Gasteiger partial charge >= 0.3 is 0 Å². The third kappa shape index (κ3) is 2.66. The summed E-state index contributed by atoms with van der Waals surface area (Å²) < 4.78 is 0. The van der Waals surface area contributed by atoms with E-state index in [9.17, 15) is 0 Å². The van der Waals surface area contributed by atoms with E-state index in [0.717, 1.165) is 18.5 Å². The fraction of sp³-hybridized carbons (Fsp3) is 0.667. The van der Waals surface area contributed by atoms with Crippen LogP contribution < -0.4 is 17.0 Å². The van der Waals surface area contributed by atoms with Crippen molar-refractivity contribution in [2.45, 2.75) is 50.2 Å². The third-order valence-electron chi connectivity index (χ3n) is 5.22. The number of piperidine rings is 1. The maximum absolute atomic E-state index is 5.82. The standard InChI is InChI=1S/C15H25N5/c1-20-12-2-3-13(20)9-11(8-12)14(19-17)6-10-4-5-18-15(16)7-10/h4-5,7,11-14,19H,2-3,6,8-9,17H2,1H3,(H2,16,18). The lowest BCUT2D eigenvalue weighted by Crippen LogP contribution is -2.49. The Kier molecular flexibility index (Phi) is 3.92. The summed E-state index contributed by atoms with van der Waals surface area (Å²) in [6, 6.07) is 5.81. The number of hydrogen-bond donors (Lipinski definition) is 3. The van der Waals surface area contributed by atoms with Gasteiger partial charge in [0, 0.05) is 24.3 Å². The lowest BCUT2D eigenvalue weighted by molar-refractivity contribution is 0.112. The molecule has 0 amide bonds. The van der Waals surface area contributed by atoms with Crippen LogP contribution in [-0.4, -0.2) is 35.1 Å². The number of fused-ring (bicyclic) bond motifs is 2. The van der Waals surface area contributed by atoms with Gasteiger partial charge in [0.05, 0.1) is 0 Å². The number of nitrogen functional groups attached to an aromatic ring is 1. The molecular formula is C15H25N5. The summed E-state index contributed by atoms with van der Waals surface area (Å²) >= 11 is 0. The molecule has 110 valence electrons. The molecule has 1 aromatic heterocycles. The number of nitrogens with one attached hydrogen (secondary N) is 1. The Morgan fingerprint density at radius 3 is 2.70 bits per heavy atom. The SMILES string of the molecule is CN1C2CCC1CC(C(Cc1ccnc(N)c1)NN)C2. The van der Waals surface area contributed by atoms with Crippen molar-refractivity contribution in [3.63, 3.8) is 0 Å². The molecule has 1 aromatic rings. The first-order valence-corrected chi connectivity index (χ1v) is 7.56. The second-order valence-corrected chi connectivity index (χ2v) is 6.35. The number of rotatable bonds is 4. The van der Waals surface area contributed by atoms with Crippen LogP contribution in [0.4, 0.5) is 5.82 Å². The predicted molar refractivity (Wildman–Crippen MR) is 80.8 cm³/mol. The number of pyridine rings is 1. The second-order valence-electron chi connectivity index (χ2n) is 6.35. The lowest BCUT2D eigenvalue weighted by Gasteiger charge is -2.39. The summed E-state index contributed by atoms with van der Waals surface area (Å²) in [7, 11) is 2.27. The lowest BCUT2D eigenvalue weighted by atomic mass is 9.83. The van der Waals surface area contributed by atoms with E-state index in [1.54, 1.807) is 6.20 Å². The van der Waals surface area contributed by atoms with E-state index in [2.05, 4.69) is 22.4 Å². The minimum absolute atomic E-state index is 0.327. The molecular weight excluding hydrogens is 250 g/mol. The molecule has 3 atom stereocenters. The van der Waals surface area contributed by atoms with Gasteiger partial charge in [-0.1, -0.05) is 0 Å². The van der Waals surface area contributed by atoms with Crippen LogP contribution in [0.5, 0.6) is 0 Å². The van der Waals surface area contributed by atoms with Crippen molar-refractivity contribution in [2.75, 3.05) is 12.8 Å². The number of nitrogens with two attached hydrogens (primary N) is 2. The van der Waals surface area contributed by atoms with Crippen molar-refractivity contribution in [3.8, 4) is 0 Å². The van der Waals surface area contributed by atoms with E-state index in [1.807, 2.05) is 12.1 Å². The molecule has 2 bridgehead atoms. The van der Waals surface area contributed by atoms with Gasteiger partial charge in [0.2, 0.25) is 0 Å². The van der Waals surface area contributed by atoms with Crippen LogP contribution in [0.25, 0.3) is 0 Å². The van der Waals surface area contributed by atoms with Crippen LogP contribution in [0.1, 0.15) is 31.2 Å². The average Bonchev–Trinajstić information content (AvgIpc) is 2.66. The fourth-order valence-corrected chi connectivity index (χ4v) is 4.02. The van der Waals surface area contributed by atoms with Crippen molar-refractivity contribution < 1.29 is 0 Å². The van der Waals surface area contributed by atoms with E-state index >= 15 is 0 Å². The van der Waals surface area contributed by atoms with E-state index in [1.165, 1.54) is 31.2 Å². The molecule has 0 radical (unpaired) electrons. The minimum Gasteiger partial charge on any atom is -0.384 e. The first-order chi connectivity index (χ1) is 9.67. The number of anilines is 1. The molecule has 3 rings (SSSR count). The zero-order valence-electron chi connectivity index (χ0n) is 12.1. The van der Waals surface area contributed by atoms with Crippen molar-refractivity contribution in [2.24, 2.45) is 11.8 Å². The number of hydrazine groups is 1. The number of aromatic nitrogens is 1. The molecule has 20 heavy (non-hydrogen) atoms. The van der Waals surface area contributed by atoms with Crippen LogP contribution in [-0.2, 0) is 6.42 Å². The Hall–Kier alpha value is -1.17. The molecule has 5 nitrogen and oxygen atoms in total. The zero-order valence-corrected chi connectivity index (χ0v) is 12.1. The zero-order chi connectivity index (χ0) is 14.1. The van der Waals surface area contributed by atoms with E-state index in [0.29, 0.717) is 17.8 Å². The monoisotopic (exact) mass is 275 g/mol. The van der Waals surface area contributed by atoms with Crippen LogP contribution in [0.3, 0.4) is 0 Å². The minimum atomic E-state index is 0.327. The molecule has 3 unspecified atom stereocenters. The predicted octanol–water partition coefficient (Wildman–Crippen LogP) is 0.911. The van der Waals surface area contributed by atoms with E-state index in [-0.39, 0.29) is 0 Å². The van der Waals surface area contributed by atoms with Crippen molar-refractivity contribution >= 4 is 5.82 Å². The number of hydrogen-bond acceptors (Lipinski definition) is 5. The summed E-state index contributed by atoms with van der Waals surface area (Å²) in [5.41, 5.74) is 10.0. The maximum Gasteiger partial charge on any atom is 0.123 e. The Balaban J connectivity index is 1.68. The van der Waals surface area contributed by atoms with Gasteiger partial charge in [-0.3, -0.25) is 11.3 Å². The first-order valence-electron chi connectivity index (χ1n) is 7.56. The van der Waals surface area contributed by atoms with Gasteiger partial charge in [-0.05, 0) is 62.8 Å². The molecule has 0 saturated carbocycles. The highest BCUT2D eigenvalue weighted by molar-refractivity contribution is 5.32. The first kappa shape index (κ1) is 13.8. The Bertz CT molecular complexity index is 449. The smallest absolute Gasteiger partial charge is 0.123 e. The van der Waals surface area contributed by atoms with Gasteiger partial charge in [0.15, 0.2) is 0 Å². The van der Waals surface area contributed by atoms with E-state index < -0.39 is 0 Å². The molecule has 0 spiro atoms. The van der Waals surface area contributed by atoms with Crippen LogP contribution in [0.15, 0.2) is 18.3 Å². The highest BCUT2D eigenvalue weighted by Gasteiger charge is 2.40. The third-order valence-corrected chi connectivity index (χ3v) is 5.22. The molecule has 3 heterocycles. The Morgan fingerprint density at radius 1 is 1.40 bits per heavy atom. The van der Waals surface area contributed by atoms with Crippen LogP contribution >= 0.6 is 0 Å². The summed E-state index contributed by atoms with van der Waals surface area (Å²) in [6.07, 6.45) is 7.90. The summed E-state index contributed by atoms with van der Waals surface area (Å²) in [4.78, 5) is 6.61. The fourth-order valence-electron chi connectivity index (χ4n) is 4.02. The van der Waals surface area contributed by atoms with Gasteiger partial charge in [-0.2, -0.15) is 0 Å². The molecule has 5 heteroatoms. The van der Waals surface area contributed by atoms with Gasteiger partial charge in [0.1, 0.15) is 5.82 Å². The summed E-state index contributed by atoms with van der Waals surface area (Å²) in [5, 5.41) is 0. The van der Waals surface area contributed by atoms with Gasteiger partial charge in [-0.15, -0.1) is 0 Å². The molecule has 0 aliphatic carbocycles. The normalized spacial score (nSPS) is 31.4. The van der Waals surface area contributed by atoms with E-state index in [4.69, 9.17) is 11.6 Å². The second kappa shape index (κ2) is 5.68. The Labute approximate surface area is 120 Å². The topological polar surface area (TPSA) is 80.2 Å². The summed E-state index contributed by atoms with van der Waals surface area (Å²) in [5.74, 6) is 7.07. The highest BCUT2D eigenvalue weighted by atomic mass is 15.2. The quantitative estimate of drug-likeness (QED) is 0.562. The molecule has 2 aliphatic heterocycles. The average molecular weight is 275 g/mol. The van der Waals surface area contributed by atoms with Crippen LogP contribution in [0.2, 0.25) is 0 Å². The van der Waals surface area contributed by atoms with Gasteiger partial charge in [0.25, 0.3) is 0 Å². The van der Waals surface area contributed by atoms with Gasteiger partial charge in [-0.25, -0.2) is 4.98 Å².